The Morgan fingerprint density at radius 2 is 0.729 bits per heavy atom. The first-order valence-electron chi connectivity index (χ1n) is 20.2. The van der Waals surface area contributed by atoms with Gasteiger partial charge in [-0.15, -0.1) is 0 Å². The number of hydrogen-bond acceptors (Lipinski definition) is 2. The number of hydrogen-bond donors (Lipinski definition) is 0. The predicted octanol–water partition coefficient (Wildman–Crippen LogP) is 15.7. The second-order valence-electron chi connectivity index (χ2n) is 15.1. The summed E-state index contributed by atoms with van der Waals surface area (Å²) in [6.45, 7) is 0. The van der Waals surface area contributed by atoms with Gasteiger partial charge in [0.1, 0.15) is 0 Å². The Labute approximate surface area is 343 Å². The van der Waals surface area contributed by atoms with Gasteiger partial charge in [0.25, 0.3) is 0 Å². The fraction of sp³-hybridized carbons (Fsp3) is 0. The Hall–Kier alpha value is -7.88. The number of benzene rings is 10. The van der Waals surface area contributed by atoms with Crippen molar-refractivity contribution in [1.82, 2.24) is 4.57 Å². The number of aromatic nitrogens is 1. The summed E-state index contributed by atoms with van der Waals surface area (Å²) in [5, 5.41) is 7.30. The summed E-state index contributed by atoms with van der Waals surface area (Å²) in [5.74, 6) is 0. The lowest BCUT2D eigenvalue weighted by Crippen LogP contribution is -2.13. The van der Waals surface area contributed by atoms with Gasteiger partial charge < -0.3 is 14.4 Å². The monoisotopic (exact) mass is 753 g/mol. The van der Waals surface area contributed by atoms with E-state index >= 15 is 0 Å². The van der Waals surface area contributed by atoms with E-state index in [0.29, 0.717) is 0 Å². The maximum Gasteiger partial charge on any atom is 0.0547 e. The molecule has 0 saturated heterocycles. The van der Waals surface area contributed by atoms with Gasteiger partial charge in [0.15, 0.2) is 0 Å². The fourth-order valence-corrected chi connectivity index (χ4v) is 8.71. The van der Waals surface area contributed by atoms with Crippen LogP contribution in [0.2, 0.25) is 0 Å². The third kappa shape index (κ3) is 6.26. The molecular formula is C56H39N3. The normalized spacial score (nSPS) is 11.4. The molecule has 0 bridgehead atoms. The molecule has 0 aliphatic heterocycles. The van der Waals surface area contributed by atoms with Crippen LogP contribution in [0, 0.1) is 0 Å². The summed E-state index contributed by atoms with van der Waals surface area (Å²) in [6, 6.07) is 85.6. The first-order chi connectivity index (χ1) is 29.2. The summed E-state index contributed by atoms with van der Waals surface area (Å²) in [6.07, 6.45) is 0. The van der Waals surface area contributed by atoms with Crippen molar-refractivity contribution in [3.8, 4) is 16.8 Å². The van der Waals surface area contributed by atoms with Crippen molar-refractivity contribution in [2.45, 2.75) is 0 Å². The number of nitrogens with zero attached hydrogens (tertiary/aromatic N) is 3. The second-order valence-corrected chi connectivity index (χ2v) is 15.1. The lowest BCUT2D eigenvalue weighted by molar-refractivity contribution is 1.18. The average molecular weight is 754 g/mol. The second kappa shape index (κ2) is 14.6. The lowest BCUT2D eigenvalue weighted by Gasteiger charge is -2.30. The quantitative estimate of drug-likeness (QED) is 0.153. The Morgan fingerprint density at radius 1 is 0.254 bits per heavy atom. The van der Waals surface area contributed by atoms with Gasteiger partial charge in [-0.3, -0.25) is 0 Å². The molecule has 0 aliphatic rings. The maximum atomic E-state index is 2.40. The summed E-state index contributed by atoms with van der Waals surface area (Å²) >= 11 is 0. The average Bonchev–Trinajstić information content (AvgIpc) is 3.64. The highest BCUT2D eigenvalue weighted by Crippen LogP contribution is 2.45. The van der Waals surface area contributed by atoms with Crippen LogP contribution in [0.3, 0.4) is 0 Å². The molecule has 0 aliphatic carbocycles. The molecule has 11 aromatic rings. The highest BCUT2D eigenvalue weighted by molar-refractivity contribution is 6.10. The highest BCUT2D eigenvalue weighted by Gasteiger charge is 2.21. The lowest BCUT2D eigenvalue weighted by atomic mass is 10.00. The van der Waals surface area contributed by atoms with Crippen molar-refractivity contribution in [3.05, 3.63) is 237 Å². The molecule has 3 nitrogen and oxygen atoms in total. The van der Waals surface area contributed by atoms with Crippen LogP contribution in [0.4, 0.5) is 34.1 Å². The Bertz CT molecular complexity index is 3140. The van der Waals surface area contributed by atoms with E-state index in [9.17, 15) is 0 Å². The summed E-state index contributed by atoms with van der Waals surface area (Å²) in [4.78, 5) is 4.78. The van der Waals surface area contributed by atoms with Crippen LogP contribution in [0.25, 0.3) is 60.2 Å². The molecule has 0 amide bonds. The van der Waals surface area contributed by atoms with Crippen molar-refractivity contribution in [1.29, 1.82) is 0 Å². The minimum absolute atomic E-state index is 1.06. The zero-order valence-corrected chi connectivity index (χ0v) is 32.4. The van der Waals surface area contributed by atoms with Gasteiger partial charge in [-0.1, -0.05) is 146 Å². The molecule has 0 spiro atoms. The number of para-hydroxylation sites is 4. The predicted molar refractivity (Wildman–Crippen MR) is 251 cm³/mol. The Kier molecular flexibility index (Phi) is 8.49. The zero-order valence-electron chi connectivity index (χ0n) is 32.4. The van der Waals surface area contributed by atoms with Gasteiger partial charge in [-0.2, -0.15) is 0 Å². The minimum Gasteiger partial charge on any atom is -0.310 e. The molecule has 0 radical (unpaired) electrons. The van der Waals surface area contributed by atoms with Gasteiger partial charge in [0.05, 0.1) is 11.0 Å². The highest BCUT2D eigenvalue weighted by atomic mass is 15.2. The van der Waals surface area contributed by atoms with Crippen LogP contribution >= 0.6 is 0 Å². The van der Waals surface area contributed by atoms with E-state index in [1.807, 2.05) is 0 Å². The molecule has 10 aromatic carbocycles. The van der Waals surface area contributed by atoms with Crippen molar-refractivity contribution in [2.24, 2.45) is 0 Å². The van der Waals surface area contributed by atoms with Crippen molar-refractivity contribution in [2.75, 3.05) is 9.80 Å². The zero-order chi connectivity index (χ0) is 39.1. The first-order valence-corrected chi connectivity index (χ1v) is 20.2. The van der Waals surface area contributed by atoms with E-state index in [0.717, 1.165) is 50.9 Å². The molecule has 0 atom stereocenters. The van der Waals surface area contributed by atoms with E-state index in [1.54, 1.807) is 0 Å². The van der Waals surface area contributed by atoms with E-state index in [2.05, 4.69) is 251 Å². The number of fused-ring (bicyclic) bond motifs is 5. The van der Waals surface area contributed by atoms with Gasteiger partial charge in [0, 0.05) is 50.6 Å². The van der Waals surface area contributed by atoms with Gasteiger partial charge in [-0.05, 0) is 124 Å². The molecular weight excluding hydrogens is 715 g/mol. The first kappa shape index (κ1) is 34.4. The number of anilines is 6. The fourth-order valence-electron chi connectivity index (χ4n) is 8.71. The maximum absolute atomic E-state index is 2.40. The van der Waals surface area contributed by atoms with Crippen molar-refractivity contribution >= 4 is 77.5 Å². The Balaban J connectivity index is 1.19. The molecule has 59 heavy (non-hydrogen) atoms. The third-order valence-electron chi connectivity index (χ3n) is 11.5. The molecule has 11 rings (SSSR count). The smallest absolute Gasteiger partial charge is 0.0547 e. The van der Waals surface area contributed by atoms with Gasteiger partial charge in [-0.25, -0.2) is 0 Å². The van der Waals surface area contributed by atoms with Crippen molar-refractivity contribution in [3.63, 3.8) is 0 Å². The summed E-state index contributed by atoms with van der Waals surface area (Å²) < 4.78 is 2.40. The largest absolute Gasteiger partial charge is 0.310 e. The van der Waals surface area contributed by atoms with E-state index in [1.165, 1.54) is 43.4 Å². The summed E-state index contributed by atoms with van der Waals surface area (Å²) in [5.41, 5.74) is 12.2. The van der Waals surface area contributed by atoms with E-state index in [4.69, 9.17) is 0 Å². The molecule has 0 unspecified atom stereocenters. The van der Waals surface area contributed by atoms with E-state index < -0.39 is 0 Å². The van der Waals surface area contributed by atoms with Crippen LogP contribution in [0.1, 0.15) is 0 Å². The molecule has 3 heteroatoms. The summed E-state index contributed by atoms with van der Waals surface area (Å²) in [7, 11) is 0. The van der Waals surface area contributed by atoms with Gasteiger partial charge >= 0.3 is 0 Å². The molecule has 1 heterocycles. The Morgan fingerprint density at radius 3 is 1.31 bits per heavy atom. The van der Waals surface area contributed by atoms with E-state index in [-0.39, 0.29) is 0 Å². The molecule has 0 saturated carbocycles. The van der Waals surface area contributed by atoms with Crippen LogP contribution in [0.15, 0.2) is 237 Å². The standard InChI is InChI=1S/C56H39N3/c1-4-20-46(21-5-1)57(49-31-28-40-16-10-12-18-42(40)34-49)51-36-45(44-30-33-54-53-26-14-15-27-55(53)59(56(54)38-44)48-24-8-3-9-25-48)37-52(39-51)58(47-22-6-2-7-23-47)50-32-29-41-17-11-13-19-43(41)35-50/h1-39H. The third-order valence-corrected chi connectivity index (χ3v) is 11.5. The number of rotatable bonds is 8. The SMILES string of the molecule is c1ccc(N(c2cc(-c3ccc4c5ccccc5n(-c5ccccc5)c4c3)cc(N(c3ccccc3)c3ccc4ccccc4c3)c2)c2ccc3ccccc3c2)cc1. The van der Waals surface area contributed by atoms with Crippen LogP contribution in [-0.4, -0.2) is 4.57 Å². The van der Waals surface area contributed by atoms with Crippen LogP contribution in [-0.2, 0) is 0 Å². The van der Waals surface area contributed by atoms with Crippen LogP contribution in [0.5, 0.6) is 0 Å². The van der Waals surface area contributed by atoms with Crippen LogP contribution < -0.4 is 9.80 Å². The van der Waals surface area contributed by atoms with Crippen molar-refractivity contribution < 1.29 is 0 Å². The topological polar surface area (TPSA) is 11.4 Å². The molecule has 0 N–H and O–H groups in total. The molecule has 0 fully saturated rings. The molecule has 1 aromatic heterocycles. The van der Waals surface area contributed by atoms with Gasteiger partial charge in [0.2, 0.25) is 0 Å². The molecule has 278 valence electrons. The minimum atomic E-state index is 1.06.